The lowest BCUT2D eigenvalue weighted by Crippen LogP contribution is -3.28. The number of benzene rings is 2. The van der Waals surface area contributed by atoms with Gasteiger partial charge >= 0.3 is 0 Å². The van der Waals surface area contributed by atoms with Crippen molar-refractivity contribution in [2.24, 2.45) is 0 Å². The summed E-state index contributed by atoms with van der Waals surface area (Å²) in [5, 5.41) is 3.11. The topological polar surface area (TPSA) is 38.0 Å². The Morgan fingerprint density at radius 2 is 1.57 bits per heavy atom. The Morgan fingerprint density at radius 3 is 2.25 bits per heavy atom. The fourth-order valence-electron chi connectivity index (χ4n) is 3.72. The van der Waals surface area contributed by atoms with Crippen molar-refractivity contribution in [1.29, 1.82) is 0 Å². The third kappa shape index (κ3) is 6.63. The van der Waals surface area contributed by atoms with E-state index in [9.17, 15) is 4.79 Å². The van der Waals surface area contributed by atoms with Gasteiger partial charge in [-0.3, -0.25) is 4.79 Å². The molecule has 0 saturated carbocycles. The van der Waals surface area contributed by atoms with Gasteiger partial charge in [0.15, 0.2) is 6.54 Å². The van der Waals surface area contributed by atoms with Crippen LogP contribution in [0.1, 0.15) is 24.0 Å². The monoisotopic (exact) mass is 379 g/mol. The third-order valence-electron chi connectivity index (χ3n) is 5.57. The van der Waals surface area contributed by atoms with Crippen molar-refractivity contribution in [3.63, 3.8) is 0 Å². The van der Waals surface area contributed by atoms with Gasteiger partial charge in [-0.25, -0.2) is 0 Å². The summed E-state index contributed by atoms with van der Waals surface area (Å²) >= 11 is 0. The summed E-state index contributed by atoms with van der Waals surface area (Å²) in [6, 6.07) is 20.8. The zero-order chi connectivity index (χ0) is 19.6. The Hall–Kier alpha value is -2.43. The average molecular weight is 380 g/mol. The zero-order valence-electron chi connectivity index (χ0n) is 16.9. The van der Waals surface area contributed by atoms with E-state index in [2.05, 4.69) is 72.9 Å². The maximum absolute atomic E-state index is 12.3. The Balaban J connectivity index is 1.32. The number of hydrogen-bond acceptors (Lipinski definition) is 1. The lowest BCUT2D eigenvalue weighted by Gasteiger charge is -2.28. The maximum Gasteiger partial charge on any atom is 0.275 e. The van der Waals surface area contributed by atoms with Crippen LogP contribution in [0.3, 0.4) is 0 Å². The molecular formula is C24H33N3O+2. The summed E-state index contributed by atoms with van der Waals surface area (Å²) < 4.78 is 0. The van der Waals surface area contributed by atoms with Crippen molar-refractivity contribution < 1.29 is 14.6 Å². The van der Waals surface area contributed by atoms with Crippen molar-refractivity contribution in [2.45, 2.75) is 12.8 Å². The molecule has 1 aliphatic heterocycles. The number of carbonyl (C=O) groups excluding carboxylic acids is 1. The number of quaternary nitrogens is 2. The van der Waals surface area contributed by atoms with Gasteiger partial charge in [-0.05, 0) is 23.1 Å². The summed E-state index contributed by atoms with van der Waals surface area (Å²) in [4.78, 5) is 15.3. The number of rotatable bonds is 8. The van der Waals surface area contributed by atoms with E-state index in [0.29, 0.717) is 19.0 Å². The van der Waals surface area contributed by atoms with Gasteiger partial charge in [0.05, 0.1) is 6.54 Å². The molecule has 1 aliphatic rings. The van der Waals surface area contributed by atoms with Crippen LogP contribution in [0.5, 0.6) is 0 Å². The van der Waals surface area contributed by atoms with E-state index in [1.54, 1.807) is 4.90 Å². The Morgan fingerprint density at radius 1 is 0.964 bits per heavy atom. The van der Waals surface area contributed by atoms with Crippen molar-refractivity contribution in [3.8, 4) is 0 Å². The van der Waals surface area contributed by atoms with E-state index in [4.69, 9.17) is 0 Å². The quantitative estimate of drug-likeness (QED) is 0.611. The first-order chi connectivity index (χ1) is 13.7. The number of nitrogens with one attached hydrogen (secondary N) is 3. The van der Waals surface area contributed by atoms with Crippen molar-refractivity contribution in [2.75, 3.05) is 45.8 Å². The normalized spacial score (nSPS) is 20.8. The molecule has 4 nitrogen and oxygen atoms in total. The Kier molecular flexibility index (Phi) is 7.82. The number of carbonyl (C=O) groups is 1. The average Bonchev–Trinajstić information content (AvgIpc) is 2.75. The molecule has 0 radical (unpaired) electrons. The molecule has 1 saturated heterocycles. The van der Waals surface area contributed by atoms with Crippen LogP contribution in [0.25, 0.3) is 6.08 Å². The van der Waals surface area contributed by atoms with Gasteiger partial charge in [0.25, 0.3) is 5.91 Å². The Bertz CT molecular complexity index is 737. The molecule has 0 bridgehead atoms. The van der Waals surface area contributed by atoms with Crippen molar-refractivity contribution >= 4 is 12.0 Å². The first-order valence-electron chi connectivity index (χ1n) is 10.4. The number of piperazine rings is 1. The first kappa shape index (κ1) is 20.3. The van der Waals surface area contributed by atoms with Gasteiger partial charge in [-0.15, -0.1) is 0 Å². The second kappa shape index (κ2) is 10.8. The second-order valence-corrected chi connectivity index (χ2v) is 7.81. The summed E-state index contributed by atoms with van der Waals surface area (Å²) in [6.45, 7) is 8.90. The molecule has 28 heavy (non-hydrogen) atoms. The molecule has 2 aromatic carbocycles. The van der Waals surface area contributed by atoms with E-state index in [1.807, 2.05) is 12.1 Å². The van der Waals surface area contributed by atoms with Crippen molar-refractivity contribution in [3.05, 3.63) is 77.9 Å². The lowest BCUT2D eigenvalue weighted by molar-refractivity contribution is -1.01. The van der Waals surface area contributed by atoms with E-state index < -0.39 is 0 Å². The highest BCUT2D eigenvalue weighted by Crippen LogP contribution is 2.12. The van der Waals surface area contributed by atoms with Gasteiger partial charge in [0.2, 0.25) is 0 Å². The van der Waals surface area contributed by atoms with Gasteiger partial charge in [-0.1, -0.05) is 73.7 Å². The van der Waals surface area contributed by atoms with E-state index in [1.165, 1.54) is 16.0 Å². The van der Waals surface area contributed by atoms with Crippen LogP contribution in [-0.4, -0.2) is 51.7 Å². The van der Waals surface area contributed by atoms with E-state index in [0.717, 1.165) is 32.7 Å². The molecule has 0 aromatic heterocycles. The predicted molar refractivity (Wildman–Crippen MR) is 114 cm³/mol. The SMILES string of the molecule is C[C@H](CNC(=O)C[NH+]1CC[NH+](C/C=C/c2ccccc2)CC1)c1ccccc1. The smallest absolute Gasteiger partial charge is 0.275 e. The Labute approximate surface area is 168 Å². The molecule has 4 heteroatoms. The molecular weight excluding hydrogens is 346 g/mol. The molecule has 3 N–H and O–H groups in total. The van der Waals surface area contributed by atoms with E-state index >= 15 is 0 Å². The summed E-state index contributed by atoms with van der Waals surface area (Å²) in [7, 11) is 0. The highest BCUT2D eigenvalue weighted by molar-refractivity contribution is 5.76. The standard InChI is InChI=1S/C24H31N3O/c1-21(23-12-6-3-7-13-23)19-25-24(28)20-27-17-15-26(16-18-27)14-8-11-22-9-4-2-5-10-22/h2-13,21H,14-20H2,1H3,(H,25,28)/p+2/b11-8+/t21-/m1/s1. The van der Waals surface area contributed by atoms with Crippen LogP contribution in [0.2, 0.25) is 0 Å². The second-order valence-electron chi connectivity index (χ2n) is 7.81. The van der Waals surface area contributed by atoms with Crippen LogP contribution in [0.4, 0.5) is 0 Å². The van der Waals surface area contributed by atoms with Gasteiger partial charge in [-0.2, -0.15) is 0 Å². The molecule has 148 valence electrons. The van der Waals surface area contributed by atoms with Gasteiger partial charge in [0, 0.05) is 6.54 Å². The molecule has 3 rings (SSSR count). The largest absolute Gasteiger partial charge is 0.351 e. The molecule has 1 fully saturated rings. The van der Waals surface area contributed by atoms with Crippen LogP contribution in [-0.2, 0) is 4.79 Å². The van der Waals surface area contributed by atoms with Crippen LogP contribution in [0.15, 0.2) is 66.7 Å². The molecule has 0 aliphatic carbocycles. The molecule has 2 aromatic rings. The minimum absolute atomic E-state index is 0.171. The van der Waals surface area contributed by atoms with Gasteiger partial charge in [0.1, 0.15) is 26.2 Å². The highest BCUT2D eigenvalue weighted by atomic mass is 16.2. The van der Waals surface area contributed by atoms with E-state index in [-0.39, 0.29) is 5.91 Å². The van der Waals surface area contributed by atoms with Crippen molar-refractivity contribution in [1.82, 2.24) is 5.32 Å². The minimum atomic E-state index is 0.171. The van der Waals surface area contributed by atoms with Crippen LogP contribution in [0, 0.1) is 0 Å². The third-order valence-corrected chi connectivity index (χ3v) is 5.57. The fraction of sp³-hybridized carbons (Fsp3) is 0.375. The summed E-state index contributed by atoms with van der Waals surface area (Å²) in [6.07, 6.45) is 4.47. The van der Waals surface area contributed by atoms with Crippen LogP contribution >= 0.6 is 0 Å². The predicted octanol–water partition coefficient (Wildman–Crippen LogP) is 0.403. The molecule has 1 heterocycles. The molecule has 1 amide bonds. The fourth-order valence-corrected chi connectivity index (χ4v) is 3.72. The van der Waals surface area contributed by atoms with Gasteiger partial charge < -0.3 is 15.1 Å². The first-order valence-corrected chi connectivity index (χ1v) is 10.4. The lowest BCUT2D eigenvalue weighted by atomic mass is 10.0. The maximum atomic E-state index is 12.3. The minimum Gasteiger partial charge on any atom is -0.351 e. The molecule has 1 atom stereocenters. The molecule has 0 spiro atoms. The zero-order valence-corrected chi connectivity index (χ0v) is 16.9. The summed E-state index contributed by atoms with van der Waals surface area (Å²) in [5.41, 5.74) is 2.53. The number of hydrogen-bond donors (Lipinski definition) is 3. The molecule has 0 unspecified atom stereocenters. The number of amides is 1. The summed E-state index contributed by atoms with van der Waals surface area (Å²) in [5.74, 6) is 0.517. The highest BCUT2D eigenvalue weighted by Gasteiger charge is 2.24. The van der Waals surface area contributed by atoms with Crippen LogP contribution < -0.4 is 15.1 Å².